The Kier molecular flexibility index (Phi) is 3.66. The molecule has 2 aromatic rings. The second-order valence-electron chi connectivity index (χ2n) is 3.82. The van der Waals surface area contributed by atoms with Gasteiger partial charge in [0.2, 0.25) is 0 Å². The zero-order chi connectivity index (χ0) is 13.8. The van der Waals surface area contributed by atoms with Crippen molar-refractivity contribution in [2.75, 3.05) is 5.32 Å². The predicted molar refractivity (Wildman–Crippen MR) is 73.4 cm³/mol. The van der Waals surface area contributed by atoms with E-state index in [4.69, 9.17) is 16.9 Å². The van der Waals surface area contributed by atoms with Crippen LogP contribution in [0.4, 0.5) is 5.82 Å². The van der Waals surface area contributed by atoms with Crippen LogP contribution in [0.25, 0.3) is 11.1 Å². The number of pyridine rings is 1. The molecule has 0 amide bonds. The van der Waals surface area contributed by atoms with E-state index < -0.39 is 0 Å². The molecular weight excluding hydrogens is 260 g/mol. The molecule has 0 aliphatic carbocycles. The Morgan fingerprint density at radius 2 is 1.89 bits per heavy atom. The molecule has 0 atom stereocenters. The molecule has 0 fully saturated rings. The fourth-order valence-corrected chi connectivity index (χ4v) is 2.06. The number of nitrogens with zero attached hydrogens (tertiary/aromatic N) is 3. The largest absolute Gasteiger partial charge is 0.276 e. The molecule has 19 heavy (non-hydrogen) atoms. The monoisotopic (exact) mass is 268 g/mol. The molecule has 0 spiro atoms. The van der Waals surface area contributed by atoms with Gasteiger partial charge in [-0.15, -0.1) is 0 Å². The minimum Gasteiger partial charge on any atom is -0.276 e. The summed E-state index contributed by atoms with van der Waals surface area (Å²) in [4.78, 5) is 4.13. The summed E-state index contributed by atoms with van der Waals surface area (Å²) in [5.41, 5.74) is 2.24. The van der Waals surface area contributed by atoms with Gasteiger partial charge in [0.05, 0.1) is 10.7 Å². The lowest BCUT2D eigenvalue weighted by Crippen LogP contribution is -2.01. The summed E-state index contributed by atoms with van der Waals surface area (Å²) in [7, 11) is 0. The highest BCUT2D eigenvalue weighted by atomic mass is 35.5. The van der Waals surface area contributed by atoms with Crippen molar-refractivity contribution in [3.63, 3.8) is 0 Å². The molecule has 0 radical (unpaired) electrons. The van der Waals surface area contributed by atoms with Gasteiger partial charge in [-0.3, -0.25) is 5.32 Å². The zero-order valence-corrected chi connectivity index (χ0v) is 10.9. The van der Waals surface area contributed by atoms with Crippen molar-refractivity contribution in [3.05, 3.63) is 46.6 Å². The van der Waals surface area contributed by atoms with Gasteiger partial charge in [0, 0.05) is 5.56 Å². The molecule has 2 rings (SSSR count). The third-order valence-corrected chi connectivity index (χ3v) is 3.11. The van der Waals surface area contributed by atoms with Crippen LogP contribution in [0, 0.1) is 29.7 Å². The van der Waals surface area contributed by atoms with E-state index in [0.29, 0.717) is 16.3 Å². The summed E-state index contributed by atoms with van der Waals surface area (Å²) >= 11 is 6.26. The van der Waals surface area contributed by atoms with Crippen LogP contribution in [0.1, 0.15) is 11.3 Å². The highest BCUT2D eigenvalue weighted by molar-refractivity contribution is 6.34. The number of hydrogen-bond acceptors (Lipinski definition) is 4. The van der Waals surface area contributed by atoms with Gasteiger partial charge in [0.15, 0.2) is 12.0 Å². The molecule has 92 valence electrons. The van der Waals surface area contributed by atoms with Gasteiger partial charge < -0.3 is 0 Å². The smallest absolute Gasteiger partial charge is 0.182 e. The molecule has 5 heteroatoms. The van der Waals surface area contributed by atoms with Crippen molar-refractivity contribution in [1.82, 2.24) is 4.98 Å². The lowest BCUT2D eigenvalue weighted by molar-refractivity contribution is 1.19. The van der Waals surface area contributed by atoms with E-state index in [9.17, 15) is 5.26 Å². The predicted octanol–water partition coefficient (Wildman–Crippen LogP) is 3.48. The summed E-state index contributed by atoms with van der Waals surface area (Å²) in [6, 6.07) is 11.4. The summed E-state index contributed by atoms with van der Waals surface area (Å²) in [5.74, 6) is 0.228. The van der Waals surface area contributed by atoms with Gasteiger partial charge in [-0.05, 0) is 12.5 Å². The van der Waals surface area contributed by atoms with E-state index in [1.54, 1.807) is 13.1 Å². The van der Waals surface area contributed by atoms with Crippen LogP contribution in [0.2, 0.25) is 5.02 Å². The number of nitrogens with one attached hydrogen (secondary N) is 1. The molecule has 0 aliphatic rings. The van der Waals surface area contributed by atoms with Crippen LogP contribution in [-0.2, 0) is 0 Å². The Hall–Kier alpha value is -2.56. The zero-order valence-electron chi connectivity index (χ0n) is 10.1. The van der Waals surface area contributed by atoms with E-state index in [2.05, 4.69) is 16.4 Å². The second kappa shape index (κ2) is 5.39. The number of benzene rings is 1. The maximum atomic E-state index is 9.30. The molecule has 0 aliphatic heterocycles. The molecule has 0 saturated heterocycles. The maximum absolute atomic E-state index is 9.30. The Balaban J connectivity index is 2.79. The minimum atomic E-state index is 0.228. The number of anilines is 1. The summed E-state index contributed by atoms with van der Waals surface area (Å²) in [5, 5.41) is 20.9. The molecule has 1 N–H and O–H groups in total. The fraction of sp³-hybridized carbons (Fsp3) is 0.0714. The first-order chi connectivity index (χ1) is 9.19. The molecule has 0 saturated carbocycles. The highest BCUT2D eigenvalue weighted by Gasteiger charge is 2.17. The van der Waals surface area contributed by atoms with E-state index in [1.165, 1.54) is 0 Å². The van der Waals surface area contributed by atoms with Gasteiger partial charge >= 0.3 is 0 Å². The summed E-state index contributed by atoms with van der Waals surface area (Å²) in [6.07, 6.45) is 1.78. The number of halogens is 1. The van der Waals surface area contributed by atoms with Crippen LogP contribution in [0.5, 0.6) is 0 Å². The van der Waals surface area contributed by atoms with Gasteiger partial charge in [-0.1, -0.05) is 41.9 Å². The topological polar surface area (TPSA) is 72.5 Å². The number of nitriles is 2. The van der Waals surface area contributed by atoms with Crippen molar-refractivity contribution < 1.29 is 0 Å². The van der Waals surface area contributed by atoms with E-state index >= 15 is 0 Å². The molecule has 0 unspecified atom stereocenters. The SMILES string of the molecule is Cc1nc(NC#N)c(C#N)c(-c2ccccc2)c1Cl. The quantitative estimate of drug-likeness (QED) is 0.668. The first-order valence-corrected chi connectivity index (χ1v) is 5.87. The number of aromatic nitrogens is 1. The fourth-order valence-electron chi connectivity index (χ4n) is 1.81. The van der Waals surface area contributed by atoms with E-state index in [0.717, 1.165) is 5.56 Å². The average Bonchev–Trinajstić information content (AvgIpc) is 2.43. The van der Waals surface area contributed by atoms with Crippen molar-refractivity contribution >= 4 is 17.4 Å². The average molecular weight is 269 g/mol. The van der Waals surface area contributed by atoms with Crippen LogP contribution in [0.15, 0.2) is 30.3 Å². The van der Waals surface area contributed by atoms with E-state index in [1.807, 2.05) is 30.3 Å². The molecular formula is C14H9ClN4. The lowest BCUT2D eigenvalue weighted by Gasteiger charge is -2.12. The minimum absolute atomic E-state index is 0.228. The number of aryl methyl sites for hydroxylation is 1. The normalized spacial score (nSPS) is 9.47. The summed E-state index contributed by atoms with van der Waals surface area (Å²) in [6.45, 7) is 1.73. The Bertz CT molecular complexity index is 696. The number of hydrogen-bond donors (Lipinski definition) is 1. The van der Waals surface area contributed by atoms with Gasteiger partial charge in [-0.2, -0.15) is 10.5 Å². The van der Waals surface area contributed by atoms with Crippen LogP contribution in [-0.4, -0.2) is 4.98 Å². The third kappa shape index (κ3) is 2.35. The first kappa shape index (κ1) is 12.9. The maximum Gasteiger partial charge on any atom is 0.182 e. The van der Waals surface area contributed by atoms with Crippen LogP contribution in [0.3, 0.4) is 0 Å². The highest BCUT2D eigenvalue weighted by Crippen LogP contribution is 2.35. The van der Waals surface area contributed by atoms with Gasteiger partial charge in [-0.25, -0.2) is 4.98 Å². The molecule has 0 bridgehead atoms. The van der Waals surface area contributed by atoms with Crippen molar-refractivity contribution in [2.45, 2.75) is 6.92 Å². The molecule has 1 aromatic heterocycles. The van der Waals surface area contributed by atoms with E-state index in [-0.39, 0.29) is 11.4 Å². The second-order valence-corrected chi connectivity index (χ2v) is 4.20. The number of rotatable bonds is 2. The van der Waals surface area contributed by atoms with Crippen LogP contribution >= 0.6 is 11.6 Å². The van der Waals surface area contributed by atoms with Crippen LogP contribution < -0.4 is 5.32 Å². The summed E-state index contributed by atoms with van der Waals surface area (Å²) < 4.78 is 0. The Morgan fingerprint density at radius 1 is 1.21 bits per heavy atom. The molecule has 1 aromatic carbocycles. The molecule has 4 nitrogen and oxygen atoms in total. The van der Waals surface area contributed by atoms with Gasteiger partial charge in [0.25, 0.3) is 0 Å². The standard InChI is InChI=1S/C14H9ClN4/c1-9-13(15)12(10-5-3-2-4-6-10)11(7-16)14(19-9)18-8-17/h2-6H,1H3,(H,18,19). The molecule has 1 heterocycles. The Morgan fingerprint density at radius 3 is 2.47 bits per heavy atom. The van der Waals surface area contributed by atoms with Crippen molar-refractivity contribution in [2.24, 2.45) is 0 Å². The lowest BCUT2D eigenvalue weighted by atomic mass is 10.0. The Labute approximate surface area is 115 Å². The van der Waals surface area contributed by atoms with Crippen molar-refractivity contribution in [3.8, 4) is 23.4 Å². The third-order valence-electron chi connectivity index (χ3n) is 2.65. The first-order valence-electron chi connectivity index (χ1n) is 5.49. The van der Waals surface area contributed by atoms with Crippen molar-refractivity contribution in [1.29, 1.82) is 10.5 Å². The van der Waals surface area contributed by atoms with Gasteiger partial charge in [0.1, 0.15) is 11.6 Å².